The lowest BCUT2D eigenvalue weighted by molar-refractivity contribution is -0.119. The topological polar surface area (TPSA) is 132 Å². The highest BCUT2D eigenvalue weighted by molar-refractivity contribution is 6.03. The predicted molar refractivity (Wildman–Crippen MR) is 72.0 cm³/mol. The first kappa shape index (κ1) is 14.3. The number of benzene rings is 1. The van der Waals surface area contributed by atoms with Gasteiger partial charge in [0, 0.05) is 5.56 Å². The Morgan fingerprint density at radius 1 is 1.33 bits per heavy atom. The lowest BCUT2D eigenvalue weighted by Crippen LogP contribution is -2.20. The predicted octanol–water partition coefficient (Wildman–Crippen LogP) is -0.0703. The molecule has 0 aliphatic carbocycles. The van der Waals surface area contributed by atoms with E-state index in [-0.39, 0.29) is 24.5 Å². The van der Waals surface area contributed by atoms with Gasteiger partial charge in [-0.3, -0.25) is 14.9 Å². The lowest BCUT2D eigenvalue weighted by atomic mass is 10.2. The highest BCUT2D eigenvalue weighted by atomic mass is 16.5. The van der Waals surface area contributed by atoms with Crippen molar-refractivity contribution in [3.8, 4) is 11.8 Å². The number of amides is 2. The molecule has 0 spiro atoms. The molecule has 0 bridgehead atoms. The van der Waals surface area contributed by atoms with Crippen molar-refractivity contribution in [1.29, 1.82) is 0 Å². The number of aromatic nitrogens is 3. The molecule has 4 N–H and O–H groups in total. The Hall–Kier alpha value is -3.10. The molecule has 0 aliphatic heterocycles. The van der Waals surface area contributed by atoms with Crippen LogP contribution in [0.15, 0.2) is 24.3 Å². The van der Waals surface area contributed by atoms with Crippen molar-refractivity contribution in [2.24, 2.45) is 5.73 Å². The maximum atomic E-state index is 11.9. The number of carbonyl (C=O) groups is 2. The van der Waals surface area contributed by atoms with E-state index in [9.17, 15) is 9.59 Å². The van der Waals surface area contributed by atoms with Crippen molar-refractivity contribution in [1.82, 2.24) is 15.2 Å². The van der Waals surface area contributed by atoms with Gasteiger partial charge in [-0.2, -0.15) is 4.98 Å². The number of hydrogen-bond donors (Lipinski definition) is 3. The standard InChI is InChI=1S/C12H13N5O4/c1-20-12-15-11(16-17-12)14-10(19)7-2-4-8(5-3-7)21-6-9(13)18/h2-5H,6H2,1H3,(H2,13,18)(H2,14,15,16,17,19). The average molecular weight is 291 g/mol. The Morgan fingerprint density at radius 3 is 2.62 bits per heavy atom. The summed E-state index contributed by atoms with van der Waals surface area (Å²) in [4.78, 5) is 26.4. The van der Waals surface area contributed by atoms with E-state index in [1.165, 1.54) is 7.11 Å². The van der Waals surface area contributed by atoms with Crippen LogP contribution in [-0.2, 0) is 4.79 Å². The first-order valence-electron chi connectivity index (χ1n) is 5.87. The van der Waals surface area contributed by atoms with Crippen LogP contribution in [0.4, 0.5) is 5.95 Å². The number of hydrogen-bond acceptors (Lipinski definition) is 6. The van der Waals surface area contributed by atoms with E-state index in [1.807, 2.05) is 0 Å². The molecule has 1 aromatic carbocycles. The fraction of sp³-hybridized carbons (Fsp3) is 0.167. The second kappa shape index (κ2) is 6.37. The Balaban J connectivity index is 1.97. The number of H-pyrrole nitrogens is 1. The van der Waals surface area contributed by atoms with Crippen LogP contribution in [0.2, 0.25) is 0 Å². The van der Waals surface area contributed by atoms with Crippen LogP contribution in [0, 0.1) is 0 Å². The lowest BCUT2D eigenvalue weighted by Gasteiger charge is -2.05. The molecule has 0 saturated carbocycles. The van der Waals surface area contributed by atoms with Gasteiger partial charge in [-0.1, -0.05) is 0 Å². The van der Waals surface area contributed by atoms with Crippen LogP contribution in [0.25, 0.3) is 0 Å². The van der Waals surface area contributed by atoms with Gasteiger partial charge in [-0.25, -0.2) is 5.10 Å². The minimum atomic E-state index is -0.573. The Kier molecular flexibility index (Phi) is 4.34. The van der Waals surface area contributed by atoms with E-state index in [0.717, 1.165) is 0 Å². The number of carbonyl (C=O) groups excluding carboxylic acids is 2. The van der Waals surface area contributed by atoms with E-state index >= 15 is 0 Å². The second-order valence-corrected chi connectivity index (χ2v) is 3.90. The molecular weight excluding hydrogens is 278 g/mol. The summed E-state index contributed by atoms with van der Waals surface area (Å²) in [6.07, 6.45) is 0. The molecule has 0 unspecified atom stereocenters. The van der Waals surface area contributed by atoms with Gasteiger partial charge in [0.15, 0.2) is 6.61 Å². The zero-order chi connectivity index (χ0) is 15.2. The molecule has 1 aromatic heterocycles. The first-order chi connectivity index (χ1) is 10.1. The van der Waals surface area contributed by atoms with E-state index in [4.69, 9.17) is 15.2 Å². The van der Waals surface area contributed by atoms with Gasteiger partial charge in [0.05, 0.1) is 7.11 Å². The fourth-order valence-electron chi connectivity index (χ4n) is 1.43. The monoisotopic (exact) mass is 291 g/mol. The van der Waals surface area contributed by atoms with Crippen molar-refractivity contribution >= 4 is 17.8 Å². The summed E-state index contributed by atoms with van der Waals surface area (Å²) < 4.78 is 9.87. The van der Waals surface area contributed by atoms with Gasteiger partial charge in [0.2, 0.25) is 5.95 Å². The average Bonchev–Trinajstić information content (AvgIpc) is 2.93. The van der Waals surface area contributed by atoms with Crippen molar-refractivity contribution < 1.29 is 19.1 Å². The number of primary amides is 1. The summed E-state index contributed by atoms with van der Waals surface area (Å²) in [6.45, 7) is -0.219. The van der Waals surface area contributed by atoms with Crippen LogP contribution in [0.5, 0.6) is 11.8 Å². The summed E-state index contributed by atoms with van der Waals surface area (Å²) in [5.74, 6) is -0.344. The van der Waals surface area contributed by atoms with E-state index in [1.54, 1.807) is 24.3 Å². The number of nitrogens with zero attached hydrogens (tertiary/aromatic N) is 2. The number of nitrogens with one attached hydrogen (secondary N) is 2. The zero-order valence-electron chi connectivity index (χ0n) is 11.1. The van der Waals surface area contributed by atoms with Crippen LogP contribution in [0.1, 0.15) is 10.4 Å². The Labute approximate surface area is 119 Å². The molecule has 2 aromatic rings. The SMILES string of the molecule is COc1n[nH]c(NC(=O)c2ccc(OCC(N)=O)cc2)n1. The third kappa shape index (κ3) is 3.93. The van der Waals surface area contributed by atoms with Gasteiger partial charge < -0.3 is 15.2 Å². The molecule has 9 heteroatoms. The zero-order valence-corrected chi connectivity index (χ0v) is 11.1. The number of nitrogens with two attached hydrogens (primary N) is 1. The molecular formula is C12H13N5O4. The minimum absolute atomic E-state index is 0.125. The quantitative estimate of drug-likeness (QED) is 0.682. The molecule has 0 aliphatic rings. The molecule has 0 saturated heterocycles. The number of rotatable bonds is 6. The van der Waals surface area contributed by atoms with Crippen molar-refractivity contribution in [3.05, 3.63) is 29.8 Å². The van der Waals surface area contributed by atoms with Crippen LogP contribution in [-0.4, -0.2) is 40.7 Å². The van der Waals surface area contributed by atoms with Crippen LogP contribution >= 0.6 is 0 Å². The Bertz CT molecular complexity index is 637. The van der Waals surface area contributed by atoms with Gasteiger partial charge in [0.25, 0.3) is 11.8 Å². The van der Waals surface area contributed by atoms with Crippen molar-refractivity contribution in [3.63, 3.8) is 0 Å². The van der Waals surface area contributed by atoms with E-state index in [2.05, 4.69) is 20.5 Å². The number of methoxy groups -OCH3 is 1. The third-order valence-electron chi connectivity index (χ3n) is 2.38. The molecule has 2 rings (SSSR count). The number of aromatic amines is 1. The summed E-state index contributed by atoms with van der Waals surface area (Å²) >= 11 is 0. The molecule has 2 amide bonds. The summed E-state index contributed by atoms with van der Waals surface area (Å²) in [5, 5.41) is 8.73. The van der Waals surface area contributed by atoms with Crippen molar-refractivity contribution in [2.45, 2.75) is 0 Å². The van der Waals surface area contributed by atoms with Crippen LogP contribution in [0.3, 0.4) is 0 Å². The van der Waals surface area contributed by atoms with Gasteiger partial charge in [-0.15, -0.1) is 5.10 Å². The van der Waals surface area contributed by atoms with Crippen molar-refractivity contribution in [2.75, 3.05) is 19.0 Å². The largest absolute Gasteiger partial charge is 0.484 e. The van der Waals surface area contributed by atoms with E-state index in [0.29, 0.717) is 11.3 Å². The van der Waals surface area contributed by atoms with Gasteiger partial charge >= 0.3 is 6.01 Å². The Morgan fingerprint density at radius 2 is 2.05 bits per heavy atom. The summed E-state index contributed by atoms with van der Waals surface area (Å²) in [6, 6.07) is 6.32. The smallest absolute Gasteiger partial charge is 0.336 e. The van der Waals surface area contributed by atoms with Gasteiger partial charge in [-0.05, 0) is 24.3 Å². The molecule has 0 atom stereocenters. The van der Waals surface area contributed by atoms with Gasteiger partial charge in [0.1, 0.15) is 5.75 Å². The fourth-order valence-corrected chi connectivity index (χ4v) is 1.43. The molecule has 0 radical (unpaired) electrons. The van der Waals surface area contributed by atoms with E-state index < -0.39 is 5.91 Å². The highest BCUT2D eigenvalue weighted by Gasteiger charge is 2.10. The molecule has 9 nitrogen and oxygen atoms in total. The molecule has 1 heterocycles. The molecule has 110 valence electrons. The number of ether oxygens (including phenoxy) is 2. The summed E-state index contributed by atoms with van der Waals surface area (Å²) in [5.41, 5.74) is 5.35. The number of anilines is 1. The normalized spacial score (nSPS) is 9.95. The van der Waals surface area contributed by atoms with Crippen LogP contribution < -0.4 is 20.5 Å². The maximum Gasteiger partial charge on any atom is 0.336 e. The summed E-state index contributed by atoms with van der Waals surface area (Å²) in [7, 11) is 1.42. The maximum absolute atomic E-state index is 11.9. The second-order valence-electron chi connectivity index (χ2n) is 3.90. The molecule has 21 heavy (non-hydrogen) atoms. The molecule has 0 fully saturated rings. The minimum Gasteiger partial charge on any atom is -0.484 e. The first-order valence-corrected chi connectivity index (χ1v) is 5.87. The third-order valence-corrected chi connectivity index (χ3v) is 2.38. The highest BCUT2D eigenvalue weighted by Crippen LogP contribution is 2.13.